The summed E-state index contributed by atoms with van der Waals surface area (Å²) in [6.45, 7) is 1.07. The van der Waals surface area contributed by atoms with Crippen molar-refractivity contribution in [3.63, 3.8) is 0 Å². The zero-order valence-electron chi connectivity index (χ0n) is 10.9. The lowest BCUT2D eigenvalue weighted by Crippen LogP contribution is -2.28. The van der Waals surface area contributed by atoms with E-state index in [0.29, 0.717) is 30.9 Å². The third-order valence-electron chi connectivity index (χ3n) is 3.37. The maximum atomic E-state index is 13.4. The minimum atomic E-state index is -1.13. The van der Waals surface area contributed by atoms with E-state index in [2.05, 4.69) is 15.5 Å². The first-order chi connectivity index (χ1) is 9.62. The third-order valence-corrected chi connectivity index (χ3v) is 3.37. The zero-order valence-corrected chi connectivity index (χ0v) is 10.9. The third kappa shape index (κ3) is 2.14. The molecule has 1 fully saturated rings. The average molecular weight is 279 g/mol. The van der Waals surface area contributed by atoms with Gasteiger partial charge < -0.3 is 19.7 Å². The number of methoxy groups -OCH3 is 1. The summed E-state index contributed by atoms with van der Waals surface area (Å²) in [5.74, 6) is 0.105. The van der Waals surface area contributed by atoms with Gasteiger partial charge >= 0.3 is 0 Å². The molecule has 1 atom stereocenters. The van der Waals surface area contributed by atoms with E-state index in [0.717, 1.165) is 0 Å². The molecule has 1 aromatic carbocycles. The summed E-state index contributed by atoms with van der Waals surface area (Å²) in [4.78, 5) is 4.19. The first-order valence-electron chi connectivity index (χ1n) is 6.23. The van der Waals surface area contributed by atoms with E-state index in [1.807, 2.05) is 0 Å². The fraction of sp³-hybridized carbons (Fsp3) is 0.385. The highest BCUT2D eigenvalue weighted by Gasteiger charge is 2.38. The number of aromatic nitrogens is 2. The number of β-amino-alcohol motifs (C(OH)–C–C–N with tert-alkyl or cyclic N) is 1. The van der Waals surface area contributed by atoms with Crippen LogP contribution in [0.3, 0.4) is 0 Å². The molecule has 0 radical (unpaired) electrons. The van der Waals surface area contributed by atoms with E-state index in [1.165, 1.54) is 25.3 Å². The van der Waals surface area contributed by atoms with Crippen molar-refractivity contribution in [3.05, 3.63) is 29.9 Å². The van der Waals surface area contributed by atoms with Gasteiger partial charge in [-0.3, -0.25) is 0 Å². The molecular formula is C13H14FN3O3. The summed E-state index contributed by atoms with van der Waals surface area (Å²) in [5.41, 5.74) is -0.567. The van der Waals surface area contributed by atoms with E-state index >= 15 is 0 Å². The van der Waals surface area contributed by atoms with Crippen molar-refractivity contribution in [2.45, 2.75) is 12.0 Å². The first kappa shape index (κ1) is 13.0. The van der Waals surface area contributed by atoms with Crippen LogP contribution in [0.15, 0.2) is 22.7 Å². The Hall–Kier alpha value is -1.99. The van der Waals surface area contributed by atoms with E-state index in [1.54, 1.807) is 0 Å². The molecule has 106 valence electrons. The van der Waals surface area contributed by atoms with Crippen molar-refractivity contribution >= 4 is 0 Å². The quantitative estimate of drug-likeness (QED) is 0.874. The molecule has 0 bridgehead atoms. The van der Waals surface area contributed by atoms with Crippen LogP contribution in [0.1, 0.15) is 12.3 Å². The molecule has 2 heterocycles. The van der Waals surface area contributed by atoms with Gasteiger partial charge in [-0.25, -0.2) is 4.39 Å². The number of nitrogens with zero attached hydrogens (tertiary/aromatic N) is 2. The van der Waals surface area contributed by atoms with Crippen molar-refractivity contribution in [2.24, 2.45) is 0 Å². The lowest BCUT2D eigenvalue weighted by molar-refractivity contribution is 0.0243. The molecule has 0 spiro atoms. The Morgan fingerprint density at radius 2 is 2.35 bits per heavy atom. The van der Waals surface area contributed by atoms with Gasteiger partial charge in [-0.2, -0.15) is 4.98 Å². The Bertz CT molecular complexity index is 623. The maximum absolute atomic E-state index is 13.4. The Kier molecular flexibility index (Phi) is 3.15. The zero-order chi connectivity index (χ0) is 14.2. The van der Waals surface area contributed by atoms with Crippen LogP contribution in [0.4, 0.5) is 4.39 Å². The fourth-order valence-electron chi connectivity index (χ4n) is 2.19. The topological polar surface area (TPSA) is 80.4 Å². The molecular weight excluding hydrogens is 265 g/mol. The van der Waals surface area contributed by atoms with Gasteiger partial charge in [0.2, 0.25) is 5.82 Å². The molecule has 20 heavy (non-hydrogen) atoms. The summed E-state index contributed by atoms with van der Waals surface area (Å²) in [5, 5.41) is 17.2. The molecule has 1 aliphatic rings. The van der Waals surface area contributed by atoms with Gasteiger partial charge in [0.25, 0.3) is 5.89 Å². The van der Waals surface area contributed by atoms with Crippen LogP contribution < -0.4 is 10.1 Å². The van der Waals surface area contributed by atoms with Gasteiger partial charge in [-0.1, -0.05) is 5.16 Å². The van der Waals surface area contributed by atoms with Gasteiger partial charge in [0, 0.05) is 12.1 Å². The molecule has 2 aromatic rings. The Labute approximate surface area is 114 Å². The van der Waals surface area contributed by atoms with Crippen molar-refractivity contribution < 1.29 is 18.8 Å². The molecule has 2 N–H and O–H groups in total. The standard InChI is InChI=1S/C13H14FN3O3/c1-19-10-6-8(2-3-9(10)14)11-16-12(20-17-11)13(18)4-5-15-7-13/h2-3,6,15,18H,4-5,7H2,1H3. The normalized spacial score (nSPS) is 22.1. The predicted molar refractivity (Wildman–Crippen MR) is 67.6 cm³/mol. The highest BCUT2D eigenvalue weighted by Crippen LogP contribution is 2.29. The SMILES string of the molecule is COc1cc(-c2noc(C3(O)CCNC3)n2)ccc1F. The van der Waals surface area contributed by atoms with Crippen molar-refractivity contribution in [2.75, 3.05) is 20.2 Å². The Balaban J connectivity index is 1.94. The van der Waals surface area contributed by atoms with Crippen LogP contribution in [0.2, 0.25) is 0 Å². The summed E-state index contributed by atoms with van der Waals surface area (Å²) >= 11 is 0. The Morgan fingerprint density at radius 3 is 3.05 bits per heavy atom. The van der Waals surface area contributed by atoms with Gasteiger partial charge in [0.15, 0.2) is 17.2 Å². The minimum Gasteiger partial charge on any atom is -0.494 e. The van der Waals surface area contributed by atoms with E-state index in [-0.39, 0.29) is 11.6 Å². The van der Waals surface area contributed by atoms with E-state index in [9.17, 15) is 9.50 Å². The molecule has 1 unspecified atom stereocenters. The second kappa shape index (κ2) is 4.84. The molecule has 1 aliphatic heterocycles. The van der Waals surface area contributed by atoms with Crippen LogP contribution in [0.5, 0.6) is 5.75 Å². The molecule has 0 aliphatic carbocycles. The van der Waals surface area contributed by atoms with Crippen molar-refractivity contribution in [1.82, 2.24) is 15.5 Å². The second-order valence-electron chi connectivity index (χ2n) is 4.73. The molecule has 0 saturated carbocycles. The van der Waals surface area contributed by atoms with Gasteiger partial charge in [0.1, 0.15) is 0 Å². The molecule has 6 nitrogen and oxygen atoms in total. The van der Waals surface area contributed by atoms with Crippen molar-refractivity contribution in [1.29, 1.82) is 0 Å². The second-order valence-corrected chi connectivity index (χ2v) is 4.73. The average Bonchev–Trinajstić information content (AvgIpc) is 3.09. The smallest absolute Gasteiger partial charge is 0.260 e. The molecule has 0 amide bonds. The van der Waals surface area contributed by atoms with Gasteiger partial charge in [-0.05, 0) is 31.2 Å². The number of benzene rings is 1. The van der Waals surface area contributed by atoms with E-state index < -0.39 is 11.4 Å². The number of hydrogen-bond donors (Lipinski definition) is 2. The van der Waals surface area contributed by atoms with Gasteiger partial charge in [-0.15, -0.1) is 0 Å². The summed E-state index contributed by atoms with van der Waals surface area (Å²) in [6, 6.07) is 4.29. The van der Waals surface area contributed by atoms with Crippen LogP contribution in [0, 0.1) is 5.82 Å². The van der Waals surface area contributed by atoms with E-state index in [4.69, 9.17) is 9.26 Å². The number of rotatable bonds is 3. The summed E-state index contributed by atoms with van der Waals surface area (Å²) in [6.07, 6.45) is 0.515. The molecule has 3 rings (SSSR count). The largest absolute Gasteiger partial charge is 0.494 e. The molecule has 1 saturated heterocycles. The summed E-state index contributed by atoms with van der Waals surface area (Å²) < 4.78 is 23.4. The Morgan fingerprint density at radius 1 is 1.50 bits per heavy atom. The molecule has 7 heteroatoms. The molecule has 1 aromatic heterocycles. The number of halogens is 1. The van der Waals surface area contributed by atoms with Crippen LogP contribution >= 0.6 is 0 Å². The number of hydrogen-bond acceptors (Lipinski definition) is 6. The lowest BCUT2D eigenvalue weighted by Gasteiger charge is -2.14. The van der Waals surface area contributed by atoms with Gasteiger partial charge in [0.05, 0.1) is 7.11 Å². The predicted octanol–water partition coefficient (Wildman–Crippen LogP) is 1.07. The number of ether oxygens (including phenoxy) is 1. The highest BCUT2D eigenvalue weighted by atomic mass is 19.1. The minimum absolute atomic E-state index is 0.107. The lowest BCUT2D eigenvalue weighted by atomic mass is 10.0. The van der Waals surface area contributed by atoms with Crippen LogP contribution in [0.25, 0.3) is 11.4 Å². The monoisotopic (exact) mass is 279 g/mol. The van der Waals surface area contributed by atoms with Crippen LogP contribution in [-0.2, 0) is 5.60 Å². The summed E-state index contributed by atoms with van der Waals surface area (Å²) in [7, 11) is 1.39. The number of nitrogens with one attached hydrogen (secondary N) is 1. The first-order valence-corrected chi connectivity index (χ1v) is 6.23. The maximum Gasteiger partial charge on any atom is 0.260 e. The highest BCUT2D eigenvalue weighted by molar-refractivity contribution is 5.57. The van der Waals surface area contributed by atoms with Crippen LogP contribution in [-0.4, -0.2) is 35.4 Å². The number of aliphatic hydroxyl groups is 1. The fourth-order valence-corrected chi connectivity index (χ4v) is 2.19. The van der Waals surface area contributed by atoms with Crippen molar-refractivity contribution in [3.8, 4) is 17.1 Å².